The van der Waals surface area contributed by atoms with Gasteiger partial charge in [0, 0.05) is 22.5 Å². The summed E-state index contributed by atoms with van der Waals surface area (Å²) in [6, 6.07) is 7.05. The Kier molecular flexibility index (Phi) is 2.67. The van der Waals surface area contributed by atoms with Crippen molar-refractivity contribution in [2.75, 3.05) is 11.5 Å². The number of nitrogens with two attached hydrogens (primary N) is 2. The molecule has 0 atom stereocenters. The lowest BCUT2D eigenvalue weighted by molar-refractivity contribution is 0.103. The van der Waals surface area contributed by atoms with Crippen LogP contribution in [-0.4, -0.2) is 14.2 Å². The molecular formula is C15H12N2O3S. The first-order valence-corrected chi connectivity index (χ1v) is 7.60. The quantitative estimate of drug-likeness (QED) is 0.668. The van der Waals surface area contributed by atoms with Gasteiger partial charge < -0.3 is 11.5 Å². The van der Waals surface area contributed by atoms with Crippen LogP contribution >= 0.6 is 0 Å². The second kappa shape index (κ2) is 4.20. The molecule has 0 fully saturated rings. The average Bonchev–Trinajstić information content (AvgIpc) is 2.44. The minimum atomic E-state index is -3.84. The van der Waals surface area contributed by atoms with Gasteiger partial charge in [0.2, 0.25) is 9.84 Å². The third kappa shape index (κ3) is 1.76. The summed E-state index contributed by atoms with van der Waals surface area (Å²) >= 11 is 0. The molecule has 1 aliphatic heterocycles. The lowest BCUT2D eigenvalue weighted by atomic mass is 9.97. The molecule has 0 aliphatic carbocycles. The largest absolute Gasteiger partial charge is 0.399 e. The van der Waals surface area contributed by atoms with Gasteiger partial charge in [0.05, 0.1) is 9.79 Å². The van der Waals surface area contributed by atoms with Crippen LogP contribution in [0.1, 0.15) is 21.5 Å². The van der Waals surface area contributed by atoms with Crippen LogP contribution in [-0.2, 0) is 9.84 Å². The van der Waals surface area contributed by atoms with Gasteiger partial charge >= 0.3 is 0 Å². The molecule has 0 spiro atoms. The third-order valence-corrected chi connectivity index (χ3v) is 5.25. The van der Waals surface area contributed by atoms with Gasteiger partial charge in [0.1, 0.15) is 0 Å². The predicted octanol–water partition coefficient (Wildman–Crippen LogP) is 1.87. The molecule has 6 heteroatoms. The number of carbonyl (C=O) groups is 1. The number of rotatable bonds is 1. The molecule has 0 bridgehead atoms. The number of ketones is 1. The number of benzene rings is 2. The predicted molar refractivity (Wildman–Crippen MR) is 80.7 cm³/mol. The van der Waals surface area contributed by atoms with E-state index in [9.17, 15) is 13.2 Å². The molecule has 0 saturated heterocycles. The fraction of sp³-hybridized carbons (Fsp3) is 0. The Labute approximate surface area is 121 Å². The second-order valence-corrected chi connectivity index (χ2v) is 6.66. The maximum absolute atomic E-state index is 12.7. The SMILES string of the molecule is C=Cc1cc(N)cc2c1C(=O)c1ccc(N)cc1S2(=O)=O. The average molecular weight is 300 g/mol. The standard InChI is InChI=1S/C15H12N2O3S/c1-2-8-5-10(17)7-13-14(8)15(18)11-4-3-9(16)6-12(11)21(13,19)20/h2-7H,1,16-17H2. The number of fused-ring (bicyclic) bond motifs is 2. The van der Waals surface area contributed by atoms with Crippen LogP contribution < -0.4 is 11.5 Å². The van der Waals surface area contributed by atoms with Gasteiger partial charge in [-0.1, -0.05) is 12.7 Å². The van der Waals surface area contributed by atoms with E-state index >= 15 is 0 Å². The van der Waals surface area contributed by atoms with Crippen molar-refractivity contribution in [3.63, 3.8) is 0 Å². The van der Waals surface area contributed by atoms with Crippen molar-refractivity contribution >= 4 is 33.1 Å². The zero-order valence-electron chi connectivity index (χ0n) is 11.0. The number of carbonyl (C=O) groups excluding carboxylic acids is 1. The van der Waals surface area contributed by atoms with E-state index in [4.69, 9.17) is 11.5 Å². The van der Waals surface area contributed by atoms with Crippen molar-refractivity contribution in [3.05, 3.63) is 53.6 Å². The summed E-state index contributed by atoms with van der Waals surface area (Å²) in [5.74, 6) is -0.371. The Hall–Kier alpha value is -2.60. The van der Waals surface area contributed by atoms with E-state index in [0.717, 1.165) is 0 Å². The summed E-state index contributed by atoms with van der Waals surface area (Å²) in [5.41, 5.74) is 12.5. The molecule has 1 aliphatic rings. The van der Waals surface area contributed by atoms with E-state index in [2.05, 4.69) is 6.58 Å². The lowest BCUT2D eigenvalue weighted by Gasteiger charge is -2.21. The molecule has 2 aromatic rings. The van der Waals surface area contributed by atoms with Crippen LogP contribution in [0.4, 0.5) is 11.4 Å². The number of sulfone groups is 1. The molecular weight excluding hydrogens is 288 g/mol. The third-order valence-electron chi connectivity index (χ3n) is 3.43. The number of nitrogen functional groups attached to an aromatic ring is 2. The molecule has 0 aromatic heterocycles. The fourth-order valence-corrected chi connectivity index (χ4v) is 4.23. The summed E-state index contributed by atoms with van der Waals surface area (Å²) in [6.45, 7) is 3.61. The van der Waals surface area contributed by atoms with Crippen molar-refractivity contribution in [1.29, 1.82) is 0 Å². The molecule has 1 heterocycles. The minimum Gasteiger partial charge on any atom is -0.399 e. The molecule has 0 unspecified atom stereocenters. The first-order chi connectivity index (χ1) is 9.86. The Balaban J connectivity index is 2.48. The second-order valence-electron chi connectivity index (χ2n) is 4.78. The van der Waals surface area contributed by atoms with E-state index in [0.29, 0.717) is 5.56 Å². The highest BCUT2D eigenvalue weighted by Gasteiger charge is 2.36. The summed E-state index contributed by atoms with van der Waals surface area (Å²) in [5, 5.41) is 0. The van der Waals surface area contributed by atoms with Gasteiger partial charge in [-0.05, 0) is 35.9 Å². The zero-order chi connectivity index (χ0) is 15.4. The smallest absolute Gasteiger partial charge is 0.208 e. The van der Waals surface area contributed by atoms with Crippen molar-refractivity contribution in [2.24, 2.45) is 0 Å². The molecule has 0 saturated carbocycles. The van der Waals surface area contributed by atoms with E-state index in [-0.39, 0.29) is 38.1 Å². The molecule has 5 nitrogen and oxygen atoms in total. The van der Waals surface area contributed by atoms with Crippen LogP contribution in [0.15, 0.2) is 46.7 Å². The normalized spacial score (nSPS) is 15.1. The highest BCUT2D eigenvalue weighted by molar-refractivity contribution is 7.91. The Morgan fingerprint density at radius 3 is 2.33 bits per heavy atom. The molecule has 21 heavy (non-hydrogen) atoms. The molecule has 0 amide bonds. The monoisotopic (exact) mass is 300 g/mol. The highest BCUT2D eigenvalue weighted by Crippen LogP contribution is 2.38. The Bertz CT molecular complexity index is 915. The van der Waals surface area contributed by atoms with E-state index < -0.39 is 9.84 Å². The van der Waals surface area contributed by atoms with E-state index in [1.54, 1.807) is 0 Å². The van der Waals surface area contributed by atoms with Gasteiger partial charge in [-0.2, -0.15) is 0 Å². The first kappa shape index (κ1) is 13.4. The fourth-order valence-electron chi connectivity index (χ4n) is 2.48. The lowest BCUT2D eigenvalue weighted by Crippen LogP contribution is -2.22. The Morgan fingerprint density at radius 1 is 1.00 bits per heavy atom. The molecule has 2 aromatic carbocycles. The van der Waals surface area contributed by atoms with Crippen LogP contribution in [0.5, 0.6) is 0 Å². The van der Waals surface area contributed by atoms with Gasteiger partial charge in [-0.15, -0.1) is 0 Å². The van der Waals surface area contributed by atoms with Gasteiger partial charge in [0.15, 0.2) is 5.78 Å². The van der Waals surface area contributed by atoms with Crippen molar-refractivity contribution in [2.45, 2.75) is 9.79 Å². The number of hydrogen-bond acceptors (Lipinski definition) is 5. The number of anilines is 2. The van der Waals surface area contributed by atoms with Gasteiger partial charge in [-0.3, -0.25) is 4.79 Å². The molecule has 106 valence electrons. The van der Waals surface area contributed by atoms with Crippen LogP contribution in [0.25, 0.3) is 6.08 Å². The van der Waals surface area contributed by atoms with Gasteiger partial charge in [-0.25, -0.2) is 8.42 Å². The highest BCUT2D eigenvalue weighted by atomic mass is 32.2. The van der Waals surface area contributed by atoms with Crippen molar-refractivity contribution in [1.82, 2.24) is 0 Å². The zero-order valence-corrected chi connectivity index (χ0v) is 11.8. The molecule has 4 N–H and O–H groups in total. The summed E-state index contributed by atoms with van der Waals surface area (Å²) in [6.07, 6.45) is 1.42. The van der Waals surface area contributed by atoms with Crippen molar-refractivity contribution < 1.29 is 13.2 Å². The van der Waals surface area contributed by atoms with Gasteiger partial charge in [0.25, 0.3) is 0 Å². The Morgan fingerprint density at radius 2 is 1.67 bits per heavy atom. The van der Waals surface area contributed by atoms with Crippen LogP contribution in [0.2, 0.25) is 0 Å². The first-order valence-electron chi connectivity index (χ1n) is 6.11. The molecule has 3 rings (SSSR count). The van der Waals surface area contributed by atoms with E-state index in [1.165, 1.54) is 36.4 Å². The van der Waals surface area contributed by atoms with Crippen LogP contribution in [0, 0.1) is 0 Å². The van der Waals surface area contributed by atoms with Crippen molar-refractivity contribution in [3.8, 4) is 0 Å². The maximum atomic E-state index is 12.7. The van der Waals surface area contributed by atoms with Crippen LogP contribution in [0.3, 0.4) is 0 Å². The van der Waals surface area contributed by atoms with E-state index in [1.807, 2.05) is 0 Å². The topological polar surface area (TPSA) is 103 Å². The summed E-state index contributed by atoms with van der Waals surface area (Å²) in [4.78, 5) is 12.4. The summed E-state index contributed by atoms with van der Waals surface area (Å²) < 4.78 is 25.4. The summed E-state index contributed by atoms with van der Waals surface area (Å²) in [7, 11) is -3.84. The number of hydrogen-bond donors (Lipinski definition) is 2. The maximum Gasteiger partial charge on any atom is 0.208 e. The minimum absolute atomic E-state index is 0.0828. The molecule has 0 radical (unpaired) electrons.